The van der Waals surface area contributed by atoms with E-state index in [0.29, 0.717) is 25.9 Å². The SMILES string of the molecule is CC(Cl)C(=O)NC1CCN(C(=O)c2c(F)cccc2Cl)CC1. The molecular weight excluding hydrogens is 330 g/mol. The van der Waals surface area contributed by atoms with E-state index in [0.717, 1.165) is 0 Å². The molecule has 0 bridgehead atoms. The minimum absolute atomic E-state index is 0.0196. The number of nitrogens with one attached hydrogen (secondary N) is 1. The Morgan fingerprint density at radius 2 is 2.00 bits per heavy atom. The summed E-state index contributed by atoms with van der Waals surface area (Å²) in [4.78, 5) is 25.5. The van der Waals surface area contributed by atoms with Crippen LogP contribution < -0.4 is 5.32 Å². The molecule has 1 N–H and O–H groups in total. The van der Waals surface area contributed by atoms with Gasteiger partial charge in [-0.25, -0.2) is 4.39 Å². The molecule has 1 fully saturated rings. The molecule has 1 unspecified atom stereocenters. The predicted molar refractivity (Wildman–Crippen MR) is 83.8 cm³/mol. The van der Waals surface area contributed by atoms with Gasteiger partial charge >= 0.3 is 0 Å². The molecule has 0 aliphatic carbocycles. The van der Waals surface area contributed by atoms with E-state index in [1.807, 2.05) is 0 Å². The van der Waals surface area contributed by atoms with Crippen molar-refractivity contribution in [3.05, 3.63) is 34.6 Å². The third kappa shape index (κ3) is 3.90. The fourth-order valence-corrected chi connectivity index (χ4v) is 2.71. The van der Waals surface area contributed by atoms with Crippen LogP contribution in [-0.2, 0) is 4.79 Å². The van der Waals surface area contributed by atoms with E-state index >= 15 is 0 Å². The van der Waals surface area contributed by atoms with Crippen LogP contribution in [0.25, 0.3) is 0 Å². The first-order valence-electron chi connectivity index (χ1n) is 7.08. The van der Waals surface area contributed by atoms with Crippen molar-refractivity contribution in [3.8, 4) is 0 Å². The monoisotopic (exact) mass is 346 g/mol. The average molecular weight is 347 g/mol. The number of alkyl halides is 1. The first kappa shape index (κ1) is 17.0. The molecule has 4 nitrogen and oxygen atoms in total. The van der Waals surface area contributed by atoms with Crippen molar-refractivity contribution in [3.63, 3.8) is 0 Å². The van der Waals surface area contributed by atoms with Gasteiger partial charge in [-0.1, -0.05) is 17.7 Å². The first-order chi connectivity index (χ1) is 10.4. The van der Waals surface area contributed by atoms with Crippen molar-refractivity contribution < 1.29 is 14.0 Å². The van der Waals surface area contributed by atoms with Crippen LogP contribution in [0.3, 0.4) is 0 Å². The van der Waals surface area contributed by atoms with Gasteiger partial charge in [0.25, 0.3) is 5.91 Å². The van der Waals surface area contributed by atoms with Crippen molar-refractivity contribution in [2.75, 3.05) is 13.1 Å². The Kier molecular flexibility index (Phi) is 5.64. The Labute approximate surface area is 138 Å². The van der Waals surface area contributed by atoms with Crippen molar-refractivity contribution in [1.29, 1.82) is 0 Å². The smallest absolute Gasteiger partial charge is 0.258 e. The highest BCUT2D eigenvalue weighted by atomic mass is 35.5. The Morgan fingerprint density at radius 3 is 2.55 bits per heavy atom. The number of halogens is 3. The molecule has 1 heterocycles. The average Bonchev–Trinajstić information content (AvgIpc) is 2.47. The largest absolute Gasteiger partial charge is 0.352 e. The van der Waals surface area contributed by atoms with Gasteiger partial charge in [0.15, 0.2) is 0 Å². The molecule has 120 valence electrons. The summed E-state index contributed by atoms with van der Waals surface area (Å²) < 4.78 is 13.8. The molecule has 1 aliphatic rings. The number of benzene rings is 1. The number of amides is 2. The maximum Gasteiger partial charge on any atom is 0.258 e. The molecule has 1 aromatic carbocycles. The van der Waals surface area contributed by atoms with Gasteiger partial charge < -0.3 is 10.2 Å². The van der Waals surface area contributed by atoms with Crippen LogP contribution in [0.4, 0.5) is 4.39 Å². The number of piperidine rings is 1. The van der Waals surface area contributed by atoms with Gasteiger partial charge in [0.05, 0.1) is 10.6 Å². The molecule has 1 aromatic rings. The molecule has 0 spiro atoms. The van der Waals surface area contributed by atoms with E-state index in [2.05, 4.69) is 5.32 Å². The summed E-state index contributed by atoms with van der Waals surface area (Å²) in [6.07, 6.45) is 1.21. The lowest BCUT2D eigenvalue weighted by Gasteiger charge is -2.32. The number of hydrogen-bond acceptors (Lipinski definition) is 2. The minimum Gasteiger partial charge on any atom is -0.352 e. The van der Waals surface area contributed by atoms with Gasteiger partial charge in [0.2, 0.25) is 5.91 Å². The summed E-state index contributed by atoms with van der Waals surface area (Å²) >= 11 is 11.6. The maximum absolute atomic E-state index is 13.8. The van der Waals surface area contributed by atoms with E-state index in [-0.39, 0.29) is 22.5 Å². The van der Waals surface area contributed by atoms with Crippen LogP contribution in [0.15, 0.2) is 18.2 Å². The van der Waals surface area contributed by atoms with Crippen LogP contribution >= 0.6 is 23.2 Å². The van der Waals surface area contributed by atoms with Crippen molar-refractivity contribution in [1.82, 2.24) is 10.2 Å². The van der Waals surface area contributed by atoms with Crippen molar-refractivity contribution in [2.45, 2.75) is 31.2 Å². The zero-order valence-electron chi connectivity index (χ0n) is 12.1. The number of carbonyl (C=O) groups is 2. The fourth-order valence-electron chi connectivity index (χ4n) is 2.40. The topological polar surface area (TPSA) is 49.4 Å². The normalized spacial score (nSPS) is 17.2. The second-order valence-electron chi connectivity index (χ2n) is 5.29. The summed E-state index contributed by atoms with van der Waals surface area (Å²) in [7, 11) is 0. The summed E-state index contributed by atoms with van der Waals surface area (Å²) in [5.74, 6) is -1.26. The second kappa shape index (κ2) is 7.29. The molecule has 0 saturated carbocycles. The molecule has 2 rings (SSSR count). The van der Waals surface area contributed by atoms with Gasteiger partial charge in [0, 0.05) is 19.1 Å². The van der Waals surface area contributed by atoms with E-state index in [9.17, 15) is 14.0 Å². The van der Waals surface area contributed by atoms with Crippen LogP contribution in [0.1, 0.15) is 30.1 Å². The summed E-state index contributed by atoms with van der Waals surface area (Å²) in [5, 5.41) is 2.35. The molecular formula is C15H17Cl2FN2O2. The predicted octanol–water partition coefficient (Wildman–Crippen LogP) is 2.83. The Bertz CT molecular complexity index is 552. The Morgan fingerprint density at radius 1 is 1.36 bits per heavy atom. The van der Waals surface area contributed by atoms with Gasteiger partial charge in [-0.3, -0.25) is 9.59 Å². The van der Waals surface area contributed by atoms with E-state index < -0.39 is 17.1 Å². The van der Waals surface area contributed by atoms with E-state index in [1.54, 1.807) is 11.8 Å². The van der Waals surface area contributed by atoms with Crippen LogP contribution in [0.5, 0.6) is 0 Å². The molecule has 7 heteroatoms. The molecule has 1 atom stereocenters. The first-order valence-corrected chi connectivity index (χ1v) is 7.89. The van der Waals surface area contributed by atoms with Crippen molar-refractivity contribution >= 4 is 35.0 Å². The summed E-state index contributed by atoms with van der Waals surface area (Å²) in [6, 6.07) is 4.15. The molecule has 1 saturated heterocycles. The molecule has 1 aliphatic heterocycles. The highest BCUT2D eigenvalue weighted by Gasteiger charge is 2.27. The Balaban J connectivity index is 1.97. The molecule has 22 heavy (non-hydrogen) atoms. The summed E-state index contributed by atoms with van der Waals surface area (Å²) in [5.41, 5.74) is -0.0963. The lowest BCUT2D eigenvalue weighted by molar-refractivity contribution is -0.121. The van der Waals surface area contributed by atoms with Crippen LogP contribution in [0.2, 0.25) is 5.02 Å². The number of rotatable bonds is 3. The summed E-state index contributed by atoms with van der Waals surface area (Å²) in [6.45, 7) is 2.48. The van der Waals surface area contributed by atoms with Gasteiger partial charge in [-0.05, 0) is 31.9 Å². The number of nitrogens with zero attached hydrogens (tertiary/aromatic N) is 1. The van der Waals surface area contributed by atoms with Gasteiger partial charge in [-0.2, -0.15) is 0 Å². The van der Waals surface area contributed by atoms with Gasteiger partial charge in [0.1, 0.15) is 11.2 Å². The standard InChI is InChI=1S/C15H17Cl2FN2O2/c1-9(16)14(21)19-10-5-7-20(8-6-10)15(22)13-11(17)3-2-4-12(13)18/h2-4,9-10H,5-8H2,1H3,(H,19,21). The highest BCUT2D eigenvalue weighted by Crippen LogP contribution is 2.22. The van der Waals surface area contributed by atoms with Gasteiger partial charge in [-0.15, -0.1) is 11.6 Å². The number of likely N-dealkylation sites (tertiary alicyclic amines) is 1. The fraction of sp³-hybridized carbons (Fsp3) is 0.467. The zero-order chi connectivity index (χ0) is 16.3. The quantitative estimate of drug-likeness (QED) is 0.855. The zero-order valence-corrected chi connectivity index (χ0v) is 13.6. The Hall–Kier alpha value is -1.33. The number of hydrogen-bond donors (Lipinski definition) is 1. The number of carbonyl (C=O) groups excluding carboxylic acids is 2. The minimum atomic E-state index is -0.621. The van der Waals surface area contributed by atoms with Crippen LogP contribution in [0, 0.1) is 5.82 Å². The van der Waals surface area contributed by atoms with Crippen molar-refractivity contribution in [2.24, 2.45) is 0 Å². The molecule has 2 amide bonds. The highest BCUT2D eigenvalue weighted by molar-refractivity contribution is 6.33. The third-order valence-electron chi connectivity index (χ3n) is 3.67. The van der Waals surface area contributed by atoms with Crippen LogP contribution in [-0.4, -0.2) is 41.2 Å². The molecule has 0 radical (unpaired) electrons. The maximum atomic E-state index is 13.8. The van der Waals surface area contributed by atoms with E-state index in [4.69, 9.17) is 23.2 Å². The van der Waals surface area contributed by atoms with E-state index in [1.165, 1.54) is 18.2 Å². The molecule has 0 aromatic heterocycles. The third-order valence-corrected chi connectivity index (χ3v) is 4.18. The lowest BCUT2D eigenvalue weighted by Crippen LogP contribution is -2.48. The second-order valence-corrected chi connectivity index (χ2v) is 6.35. The lowest BCUT2D eigenvalue weighted by atomic mass is 10.0.